The molecule has 6 heteroatoms. The fourth-order valence-corrected chi connectivity index (χ4v) is 3.96. The number of hydrogen-bond acceptors (Lipinski definition) is 3. The first-order valence-electron chi connectivity index (χ1n) is 9.90. The van der Waals surface area contributed by atoms with Crippen molar-refractivity contribution in [3.05, 3.63) is 94.6 Å². The van der Waals surface area contributed by atoms with Gasteiger partial charge in [0.25, 0.3) is 0 Å². The molecule has 0 bridgehead atoms. The fraction of sp³-hybridized carbons (Fsp3) is 0.250. The molecule has 2 heterocycles. The summed E-state index contributed by atoms with van der Waals surface area (Å²) < 4.78 is 20.3. The van der Waals surface area contributed by atoms with Gasteiger partial charge in [-0.2, -0.15) is 0 Å². The maximum absolute atomic E-state index is 14.3. The smallest absolute Gasteiger partial charge is 0.407 e. The van der Waals surface area contributed by atoms with Crippen LogP contribution in [0.2, 0.25) is 0 Å². The Morgan fingerprint density at radius 2 is 2.03 bits per heavy atom. The lowest BCUT2D eigenvalue weighted by Crippen LogP contribution is -2.33. The molecule has 0 spiro atoms. The minimum Gasteiger partial charge on any atom is -0.487 e. The fourth-order valence-electron chi connectivity index (χ4n) is 3.96. The van der Waals surface area contributed by atoms with Crippen LogP contribution >= 0.6 is 0 Å². The molecule has 154 valence electrons. The minimum atomic E-state index is -0.976. The van der Waals surface area contributed by atoms with Gasteiger partial charge in [0.05, 0.1) is 5.69 Å². The van der Waals surface area contributed by atoms with E-state index in [4.69, 9.17) is 4.74 Å². The van der Waals surface area contributed by atoms with Crippen LogP contribution in [0.1, 0.15) is 33.9 Å². The minimum absolute atomic E-state index is 0.245. The van der Waals surface area contributed by atoms with Crippen molar-refractivity contribution in [1.82, 2.24) is 9.88 Å². The van der Waals surface area contributed by atoms with Crippen LogP contribution in [-0.2, 0) is 13.0 Å². The highest BCUT2D eigenvalue weighted by atomic mass is 19.1. The largest absolute Gasteiger partial charge is 0.487 e. The van der Waals surface area contributed by atoms with Crippen molar-refractivity contribution in [1.29, 1.82) is 0 Å². The average Bonchev–Trinajstić information content (AvgIpc) is 2.93. The van der Waals surface area contributed by atoms with E-state index in [-0.39, 0.29) is 24.9 Å². The first-order chi connectivity index (χ1) is 14.5. The Morgan fingerprint density at radius 3 is 2.83 bits per heavy atom. The van der Waals surface area contributed by atoms with Gasteiger partial charge in [-0.3, -0.25) is 4.98 Å². The summed E-state index contributed by atoms with van der Waals surface area (Å²) >= 11 is 0. The molecule has 1 N–H and O–H groups in total. The molecular weight excluding hydrogens is 383 g/mol. The number of halogens is 1. The molecule has 1 unspecified atom stereocenters. The Bertz CT molecular complexity index is 1070. The molecule has 1 aliphatic heterocycles. The van der Waals surface area contributed by atoms with Crippen molar-refractivity contribution < 1.29 is 19.0 Å². The van der Waals surface area contributed by atoms with Crippen molar-refractivity contribution in [3.8, 4) is 5.75 Å². The molecule has 2 aromatic carbocycles. The van der Waals surface area contributed by atoms with Gasteiger partial charge in [-0.05, 0) is 60.4 Å². The number of fused-ring (bicyclic) bond motifs is 1. The van der Waals surface area contributed by atoms with Gasteiger partial charge in [-0.25, -0.2) is 9.18 Å². The standard InChI is InChI=1S/C24H23FN2O3/c1-16-8-10-26-19(12-16)15-30-23-7-6-18(25)13-21(23)22-14-27(24(28)29)11-9-17-4-2-3-5-20(17)22/h2-8,10,12-13,22H,9,11,14-15H2,1H3,(H,28,29). The molecule has 5 nitrogen and oxygen atoms in total. The first-order valence-corrected chi connectivity index (χ1v) is 9.90. The second-order valence-corrected chi connectivity index (χ2v) is 7.53. The van der Waals surface area contributed by atoms with E-state index >= 15 is 0 Å². The van der Waals surface area contributed by atoms with Crippen molar-refractivity contribution in [2.45, 2.75) is 25.9 Å². The van der Waals surface area contributed by atoms with Gasteiger partial charge in [-0.15, -0.1) is 0 Å². The number of pyridine rings is 1. The Labute approximate surface area is 174 Å². The van der Waals surface area contributed by atoms with E-state index < -0.39 is 6.09 Å². The summed E-state index contributed by atoms with van der Waals surface area (Å²) in [6, 6.07) is 16.1. The van der Waals surface area contributed by atoms with Crippen LogP contribution in [0.4, 0.5) is 9.18 Å². The van der Waals surface area contributed by atoms with Crippen LogP contribution in [-0.4, -0.2) is 34.2 Å². The Kier molecular flexibility index (Phi) is 5.65. The summed E-state index contributed by atoms with van der Waals surface area (Å²) in [4.78, 5) is 17.4. The summed E-state index contributed by atoms with van der Waals surface area (Å²) in [7, 11) is 0. The highest BCUT2D eigenvalue weighted by molar-refractivity contribution is 5.66. The lowest BCUT2D eigenvalue weighted by Gasteiger charge is -2.25. The molecule has 0 aliphatic carbocycles. The van der Waals surface area contributed by atoms with Crippen molar-refractivity contribution in [2.75, 3.05) is 13.1 Å². The summed E-state index contributed by atoms with van der Waals surface area (Å²) in [6.07, 6.45) is 1.37. The molecule has 3 aromatic rings. The molecule has 0 fully saturated rings. The SMILES string of the molecule is Cc1ccnc(COc2ccc(F)cc2C2CN(C(=O)O)CCc3ccccc32)c1. The number of carbonyl (C=O) groups is 1. The second-order valence-electron chi connectivity index (χ2n) is 7.53. The molecule has 0 radical (unpaired) electrons. The monoisotopic (exact) mass is 406 g/mol. The second kappa shape index (κ2) is 8.53. The molecule has 1 aromatic heterocycles. The van der Waals surface area contributed by atoms with Gasteiger partial charge in [0.15, 0.2) is 0 Å². The number of carboxylic acid groups (broad SMARTS) is 1. The summed E-state index contributed by atoms with van der Waals surface area (Å²) in [6.45, 7) is 2.88. The van der Waals surface area contributed by atoms with Crippen LogP contribution in [0.15, 0.2) is 60.8 Å². The summed E-state index contributed by atoms with van der Waals surface area (Å²) in [5.74, 6) is -0.169. The van der Waals surface area contributed by atoms with E-state index in [2.05, 4.69) is 4.98 Å². The third kappa shape index (κ3) is 4.27. The number of ether oxygens (including phenoxy) is 1. The number of aromatic nitrogens is 1. The van der Waals surface area contributed by atoms with Crippen LogP contribution < -0.4 is 4.74 Å². The van der Waals surface area contributed by atoms with Crippen LogP contribution in [0.25, 0.3) is 0 Å². The zero-order valence-electron chi connectivity index (χ0n) is 16.7. The van der Waals surface area contributed by atoms with E-state index in [0.29, 0.717) is 24.3 Å². The molecular formula is C24H23FN2O3. The lowest BCUT2D eigenvalue weighted by atomic mass is 9.87. The van der Waals surface area contributed by atoms with Crippen LogP contribution in [0, 0.1) is 12.7 Å². The molecule has 4 rings (SSSR count). The quantitative estimate of drug-likeness (QED) is 0.678. The number of nitrogens with zero attached hydrogens (tertiary/aromatic N) is 2. The third-order valence-electron chi connectivity index (χ3n) is 5.45. The maximum Gasteiger partial charge on any atom is 0.407 e. The highest BCUT2D eigenvalue weighted by Crippen LogP contribution is 2.37. The zero-order chi connectivity index (χ0) is 21.1. The molecule has 1 aliphatic rings. The van der Waals surface area contributed by atoms with Crippen molar-refractivity contribution in [3.63, 3.8) is 0 Å². The molecule has 0 saturated heterocycles. The Morgan fingerprint density at radius 1 is 1.20 bits per heavy atom. The number of rotatable bonds is 4. The average molecular weight is 406 g/mol. The Balaban J connectivity index is 1.72. The molecule has 1 atom stereocenters. The van der Waals surface area contributed by atoms with E-state index in [1.54, 1.807) is 12.3 Å². The van der Waals surface area contributed by atoms with Gasteiger partial charge in [-0.1, -0.05) is 24.3 Å². The van der Waals surface area contributed by atoms with Crippen LogP contribution in [0.5, 0.6) is 5.75 Å². The predicted molar refractivity (Wildman–Crippen MR) is 111 cm³/mol. The van der Waals surface area contributed by atoms with Gasteiger partial charge >= 0.3 is 6.09 Å². The summed E-state index contributed by atoms with van der Waals surface area (Å²) in [5.41, 5.74) is 4.58. The topological polar surface area (TPSA) is 62.7 Å². The third-order valence-corrected chi connectivity index (χ3v) is 5.45. The van der Waals surface area contributed by atoms with Crippen molar-refractivity contribution in [2.24, 2.45) is 0 Å². The van der Waals surface area contributed by atoms with E-state index in [9.17, 15) is 14.3 Å². The van der Waals surface area contributed by atoms with Gasteiger partial charge < -0.3 is 14.7 Å². The highest BCUT2D eigenvalue weighted by Gasteiger charge is 2.29. The zero-order valence-corrected chi connectivity index (χ0v) is 16.7. The predicted octanol–water partition coefficient (Wildman–Crippen LogP) is 4.78. The van der Waals surface area contributed by atoms with Gasteiger partial charge in [0.1, 0.15) is 18.2 Å². The summed E-state index contributed by atoms with van der Waals surface area (Å²) in [5, 5.41) is 9.62. The molecule has 1 amide bonds. The molecule has 0 saturated carbocycles. The van der Waals surface area contributed by atoms with E-state index in [0.717, 1.165) is 22.4 Å². The maximum atomic E-state index is 14.3. The van der Waals surface area contributed by atoms with Crippen molar-refractivity contribution >= 4 is 6.09 Å². The number of amides is 1. The Hall–Kier alpha value is -3.41. The van der Waals surface area contributed by atoms with Gasteiger partial charge in [0, 0.05) is 30.8 Å². The number of benzene rings is 2. The normalized spacial score (nSPS) is 15.9. The first kappa shape index (κ1) is 19.9. The number of aryl methyl sites for hydroxylation is 1. The molecule has 30 heavy (non-hydrogen) atoms. The van der Waals surface area contributed by atoms with E-state index in [1.807, 2.05) is 43.3 Å². The van der Waals surface area contributed by atoms with Crippen LogP contribution in [0.3, 0.4) is 0 Å². The lowest BCUT2D eigenvalue weighted by molar-refractivity contribution is 0.145. The van der Waals surface area contributed by atoms with Gasteiger partial charge in [0.2, 0.25) is 0 Å². The van der Waals surface area contributed by atoms with E-state index in [1.165, 1.54) is 17.0 Å². The number of hydrogen-bond donors (Lipinski definition) is 1.